The van der Waals surface area contributed by atoms with Gasteiger partial charge < -0.3 is 20.7 Å². The van der Waals surface area contributed by atoms with Gasteiger partial charge in [0.2, 0.25) is 5.91 Å². The van der Waals surface area contributed by atoms with Gasteiger partial charge in [-0.1, -0.05) is 26.0 Å². The van der Waals surface area contributed by atoms with Gasteiger partial charge in [-0.2, -0.15) is 0 Å². The molecule has 3 N–H and O–H groups in total. The molecule has 0 aliphatic carbocycles. The number of nitrogens with one attached hydrogen (secondary N) is 3. The molecule has 1 atom stereocenters. The predicted octanol–water partition coefficient (Wildman–Crippen LogP) is 2.36. The van der Waals surface area contributed by atoms with E-state index in [1.807, 2.05) is 38.1 Å². The van der Waals surface area contributed by atoms with Gasteiger partial charge in [0.25, 0.3) is 0 Å². The molecule has 0 radical (unpaired) electrons. The molecule has 0 spiro atoms. The van der Waals surface area contributed by atoms with E-state index in [-0.39, 0.29) is 24.4 Å². The van der Waals surface area contributed by atoms with E-state index in [0.717, 1.165) is 24.2 Å². The molecule has 0 saturated heterocycles. The molecule has 128 valence electrons. The van der Waals surface area contributed by atoms with Gasteiger partial charge in [-0.05, 0) is 30.5 Å². The van der Waals surface area contributed by atoms with Crippen LogP contribution in [-0.2, 0) is 4.79 Å². The van der Waals surface area contributed by atoms with Crippen LogP contribution in [0.4, 0.5) is 4.79 Å². The standard InChI is InChI=1S/C17H27N3O3/c1-4-11-18-16(21)10-12-19-17(22)20-15(5-2)13-6-8-14(23-3)9-7-13/h6-9,15H,4-5,10-12H2,1-3H3,(H,18,21)(H2,19,20,22). The molecule has 1 aromatic carbocycles. The molecule has 0 saturated carbocycles. The molecular formula is C17H27N3O3. The van der Waals surface area contributed by atoms with Crippen LogP contribution in [-0.4, -0.2) is 32.1 Å². The van der Waals surface area contributed by atoms with Crippen LogP contribution in [0.15, 0.2) is 24.3 Å². The van der Waals surface area contributed by atoms with Crippen LogP contribution in [0.2, 0.25) is 0 Å². The van der Waals surface area contributed by atoms with Gasteiger partial charge in [-0.25, -0.2) is 4.79 Å². The maximum Gasteiger partial charge on any atom is 0.315 e. The Kier molecular flexibility index (Phi) is 8.57. The predicted molar refractivity (Wildman–Crippen MR) is 90.5 cm³/mol. The Morgan fingerprint density at radius 2 is 1.78 bits per heavy atom. The van der Waals surface area contributed by atoms with Crippen molar-refractivity contribution in [3.05, 3.63) is 29.8 Å². The summed E-state index contributed by atoms with van der Waals surface area (Å²) in [7, 11) is 1.62. The lowest BCUT2D eigenvalue weighted by Gasteiger charge is -2.18. The summed E-state index contributed by atoms with van der Waals surface area (Å²) in [6, 6.07) is 7.27. The maximum absolute atomic E-state index is 11.9. The molecule has 23 heavy (non-hydrogen) atoms. The zero-order chi connectivity index (χ0) is 17.1. The molecular weight excluding hydrogens is 294 g/mol. The second-order valence-corrected chi connectivity index (χ2v) is 5.23. The summed E-state index contributed by atoms with van der Waals surface area (Å²) in [5.41, 5.74) is 1.02. The molecule has 6 nitrogen and oxygen atoms in total. The summed E-state index contributed by atoms with van der Waals surface area (Å²) in [4.78, 5) is 23.4. The molecule has 1 rings (SSSR count). The molecule has 3 amide bonds. The second-order valence-electron chi connectivity index (χ2n) is 5.23. The average Bonchev–Trinajstić information content (AvgIpc) is 2.58. The molecule has 0 fully saturated rings. The normalized spacial score (nSPS) is 11.4. The number of amides is 3. The minimum atomic E-state index is -0.268. The lowest BCUT2D eigenvalue weighted by atomic mass is 10.0. The first-order valence-corrected chi connectivity index (χ1v) is 8.05. The minimum absolute atomic E-state index is 0.0469. The number of methoxy groups -OCH3 is 1. The fourth-order valence-corrected chi connectivity index (χ4v) is 2.11. The Balaban J connectivity index is 2.39. The number of hydrogen-bond donors (Lipinski definition) is 3. The molecule has 0 bridgehead atoms. The van der Waals surface area contributed by atoms with Crippen LogP contribution >= 0.6 is 0 Å². The number of urea groups is 1. The summed E-state index contributed by atoms with van der Waals surface area (Å²) < 4.78 is 5.13. The van der Waals surface area contributed by atoms with E-state index in [1.54, 1.807) is 7.11 Å². The average molecular weight is 321 g/mol. The van der Waals surface area contributed by atoms with Crippen LogP contribution in [0.5, 0.6) is 5.75 Å². The first-order chi connectivity index (χ1) is 11.1. The summed E-state index contributed by atoms with van der Waals surface area (Å²) in [6.45, 7) is 4.99. The second kappa shape index (κ2) is 10.5. The first-order valence-electron chi connectivity index (χ1n) is 8.05. The van der Waals surface area contributed by atoms with Crippen molar-refractivity contribution in [3.63, 3.8) is 0 Å². The lowest BCUT2D eigenvalue weighted by molar-refractivity contribution is -0.120. The molecule has 0 aliphatic heterocycles. The molecule has 0 aliphatic rings. The van der Waals surface area contributed by atoms with E-state index in [1.165, 1.54) is 0 Å². The summed E-state index contributed by atoms with van der Waals surface area (Å²) in [6.07, 6.45) is 1.96. The van der Waals surface area contributed by atoms with Gasteiger partial charge in [0.1, 0.15) is 5.75 Å². The van der Waals surface area contributed by atoms with E-state index < -0.39 is 0 Å². The van der Waals surface area contributed by atoms with Crippen molar-refractivity contribution in [2.45, 2.75) is 39.2 Å². The molecule has 0 aromatic heterocycles. The van der Waals surface area contributed by atoms with E-state index in [0.29, 0.717) is 13.1 Å². The topological polar surface area (TPSA) is 79.5 Å². The van der Waals surface area contributed by atoms with Gasteiger partial charge in [-0.3, -0.25) is 4.79 Å². The Morgan fingerprint density at radius 1 is 1.09 bits per heavy atom. The summed E-state index contributed by atoms with van der Waals surface area (Å²) in [5.74, 6) is 0.737. The Labute approximate surface area is 138 Å². The number of ether oxygens (including phenoxy) is 1. The highest BCUT2D eigenvalue weighted by Gasteiger charge is 2.12. The van der Waals surface area contributed by atoms with Crippen LogP contribution in [0.3, 0.4) is 0 Å². The molecule has 0 heterocycles. The zero-order valence-corrected chi connectivity index (χ0v) is 14.1. The van der Waals surface area contributed by atoms with Gasteiger partial charge in [0.15, 0.2) is 0 Å². The van der Waals surface area contributed by atoms with E-state index in [2.05, 4.69) is 16.0 Å². The van der Waals surface area contributed by atoms with Gasteiger partial charge in [-0.15, -0.1) is 0 Å². The van der Waals surface area contributed by atoms with Crippen LogP contribution < -0.4 is 20.7 Å². The van der Waals surface area contributed by atoms with E-state index >= 15 is 0 Å². The van der Waals surface area contributed by atoms with Crippen molar-refractivity contribution in [2.24, 2.45) is 0 Å². The maximum atomic E-state index is 11.9. The Morgan fingerprint density at radius 3 is 2.35 bits per heavy atom. The quantitative estimate of drug-likeness (QED) is 0.653. The number of carbonyl (C=O) groups excluding carboxylic acids is 2. The van der Waals surface area contributed by atoms with Crippen molar-refractivity contribution in [1.29, 1.82) is 0 Å². The molecule has 6 heteroatoms. The first kappa shape index (κ1) is 18.8. The third-order valence-corrected chi connectivity index (χ3v) is 3.44. The van der Waals surface area contributed by atoms with Gasteiger partial charge >= 0.3 is 6.03 Å². The monoisotopic (exact) mass is 321 g/mol. The summed E-state index contributed by atoms with van der Waals surface area (Å²) in [5, 5.41) is 8.40. The van der Waals surface area contributed by atoms with E-state index in [9.17, 15) is 9.59 Å². The highest BCUT2D eigenvalue weighted by Crippen LogP contribution is 2.19. The van der Waals surface area contributed by atoms with Crippen molar-refractivity contribution >= 4 is 11.9 Å². The molecule has 1 aromatic rings. The van der Waals surface area contributed by atoms with E-state index in [4.69, 9.17) is 4.74 Å². The number of hydrogen-bond acceptors (Lipinski definition) is 3. The van der Waals surface area contributed by atoms with Crippen molar-refractivity contribution in [2.75, 3.05) is 20.2 Å². The fourth-order valence-electron chi connectivity index (χ4n) is 2.11. The van der Waals surface area contributed by atoms with Gasteiger partial charge in [0, 0.05) is 19.5 Å². The summed E-state index contributed by atoms with van der Waals surface area (Å²) >= 11 is 0. The molecule has 1 unspecified atom stereocenters. The lowest BCUT2D eigenvalue weighted by Crippen LogP contribution is -2.39. The third-order valence-electron chi connectivity index (χ3n) is 3.44. The Bertz CT molecular complexity index is 488. The fraction of sp³-hybridized carbons (Fsp3) is 0.529. The zero-order valence-electron chi connectivity index (χ0n) is 14.1. The minimum Gasteiger partial charge on any atom is -0.497 e. The van der Waals surface area contributed by atoms with Crippen molar-refractivity contribution in [3.8, 4) is 5.75 Å². The smallest absolute Gasteiger partial charge is 0.315 e. The Hall–Kier alpha value is -2.24. The number of benzene rings is 1. The highest BCUT2D eigenvalue weighted by molar-refractivity contribution is 5.78. The van der Waals surface area contributed by atoms with Crippen molar-refractivity contribution < 1.29 is 14.3 Å². The number of carbonyl (C=O) groups is 2. The SMILES string of the molecule is CCCNC(=O)CCNC(=O)NC(CC)c1ccc(OC)cc1. The third kappa shape index (κ3) is 7.04. The number of rotatable bonds is 9. The highest BCUT2D eigenvalue weighted by atomic mass is 16.5. The van der Waals surface area contributed by atoms with Crippen LogP contribution in [0, 0.1) is 0 Å². The van der Waals surface area contributed by atoms with Crippen LogP contribution in [0.25, 0.3) is 0 Å². The van der Waals surface area contributed by atoms with Crippen molar-refractivity contribution in [1.82, 2.24) is 16.0 Å². The largest absolute Gasteiger partial charge is 0.497 e. The van der Waals surface area contributed by atoms with Gasteiger partial charge in [0.05, 0.1) is 13.2 Å². The van der Waals surface area contributed by atoms with Crippen LogP contribution in [0.1, 0.15) is 44.7 Å².